The second kappa shape index (κ2) is 7.56. The average Bonchev–Trinajstić information content (AvgIpc) is 3.18. The van der Waals surface area contributed by atoms with E-state index in [9.17, 15) is 4.39 Å². The quantitative estimate of drug-likeness (QED) is 0.556. The zero-order valence-corrected chi connectivity index (χ0v) is 15.6. The van der Waals surface area contributed by atoms with Crippen LogP contribution in [0.1, 0.15) is 12.8 Å². The van der Waals surface area contributed by atoms with Crippen molar-refractivity contribution in [3.05, 3.63) is 54.7 Å². The number of rotatable bonds is 4. The van der Waals surface area contributed by atoms with Gasteiger partial charge in [-0.2, -0.15) is 5.10 Å². The summed E-state index contributed by atoms with van der Waals surface area (Å²) in [4.78, 5) is 13.0. The molecule has 29 heavy (non-hydrogen) atoms. The predicted molar refractivity (Wildman–Crippen MR) is 107 cm³/mol. The van der Waals surface area contributed by atoms with Crippen LogP contribution in [0.15, 0.2) is 48.9 Å². The van der Waals surface area contributed by atoms with Crippen LogP contribution in [-0.2, 0) is 0 Å². The summed E-state index contributed by atoms with van der Waals surface area (Å²) >= 11 is 0. The first-order chi connectivity index (χ1) is 14.3. The maximum absolute atomic E-state index is 14.2. The molecule has 146 valence electrons. The summed E-state index contributed by atoms with van der Waals surface area (Å²) in [7, 11) is 0. The van der Waals surface area contributed by atoms with Crippen LogP contribution in [-0.4, -0.2) is 44.3 Å². The Morgan fingerprint density at radius 3 is 2.97 bits per heavy atom. The summed E-state index contributed by atoms with van der Waals surface area (Å²) in [6.45, 7) is 1.82. The van der Waals surface area contributed by atoms with Crippen molar-refractivity contribution < 1.29 is 9.13 Å². The zero-order chi connectivity index (χ0) is 19.6. The summed E-state index contributed by atoms with van der Waals surface area (Å²) < 4.78 is 20.2. The van der Waals surface area contributed by atoms with Crippen molar-refractivity contribution in [2.45, 2.75) is 18.9 Å². The van der Waals surface area contributed by atoms with Gasteiger partial charge in [-0.1, -0.05) is 6.07 Å². The van der Waals surface area contributed by atoms with Crippen LogP contribution in [0.2, 0.25) is 0 Å². The summed E-state index contributed by atoms with van der Waals surface area (Å²) in [5, 5.41) is 11.5. The Bertz CT molecular complexity index is 1150. The molecule has 0 aliphatic carbocycles. The maximum Gasteiger partial charge on any atom is 0.233 e. The molecule has 2 N–H and O–H groups in total. The van der Waals surface area contributed by atoms with E-state index in [4.69, 9.17) is 4.74 Å². The molecule has 0 unspecified atom stereocenters. The normalized spacial score (nSPS) is 16.8. The zero-order valence-electron chi connectivity index (χ0n) is 15.6. The number of fused-ring (bicyclic) bond motifs is 1. The number of benzene rings is 1. The molecule has 0 spiro atoms. The highest BCUT2D eigenvalue weighted by Crippen LogP contribution is 2.30. The lowest BCUT2D eigenvalue weighted by atomic mass is 10.1. The fraction of sp³-hybridized carbons (Fsp3) is 0.238. The van der Waals surface area contributed by atoms with Gasteiger partial charge in [0.1, 0.15) is 29.0 Å². The maximum atomic E-state index is 14.2. The van der Waals surface area contributed by atoms with Crippen LogP contribution < -0.4 is 10.1 Å². The third-order valence-electron chi connectivity index (χ3n) is 4.99. The lowest BCUT2D eigenvalue weighted by Gasteiger charge is -2.23. The Balaban J connectivity index is 1.51. The second-order valence-corrected chi connectivity index (χ2v) is 7.00. The highest BCUT2D eigenvalue weighted by atomic mass is 19.1. The molecule has 0 amide bonds. The monoisotopic (exact) mass is 390 g/mol. The Morgan fingerprint density at radius 2 is 2.10 bits per heavy atom. The van der Waals surface area contributed by atoms with Crippen LogP contribution in [0.4, 0.5) is 4.39 Å². The fourth-order valence-corrected chi connectivity index (χ4v) is 3.56. The summed E-state index contributed by atoms with van der Waals surface area (Å²) in [5.41, 5.74) is 3.03. The SMILES string of the molecule is Fc1cccnc1-c1ccc2[nH]nc(-c3cncc(O[C@@H]4CCCNC4)n3)c2c1. The lowest BCUT2D eigenvalue weighted by molar-refractivity contribution is 0.160. The topological polar surface area (TPSA) is 88.6 Å². The van der Waals surface area contributed by atoms with Gasteiger partial charge in [-0.05, 0) is 43.7 Å². The van der Waals surface area contributed by atoms with Gasteiger partial charge in [0.15, 0.2) is 0 Å². The number of hydrogen-bond acceptors (Lipinski definition) is 6. The van der Waals surface area contributed by atoms with Crippen LogP contribution >= 0.6 is 0 Å². The molecule has 1 aliphatic rings. The summed E-state index contributed by atoms with van der Waals surface area (Å²) in [6, 6.07) is 8.51. The minimum atomic E-state index is -0.367. The van der Waals surface area contributed by atoms with Crippen LogP contribution in [0, 0.1) is 5.82 Å². The first-order valence-electron chi connectivity index (χ1n) is 9.57. The molecular formula is C21H19FN6O. The van der Waals surface area contributed by atoms with Gasteiger partial charge in [0.2, 0.25) is 5.88 Å². The van der Waals surface area contributed by atoms with Crippen LogP contribution in [0.3, 0.4) is 0 Å². The van der Waals surface area contributed by atoms with Crippen molar-refractivity contribution >= 4 is 10.9 Å². The number of ether oxygens (including phenoxy) is 1. The largest absolute Gasteiger partial charge is 0.472 e. The van der Waals surface area contributed by atoms with Gasteiger partial charge in [0.05, 0.1) is 17.9 Å². The molecule has 3 aromatic heterocycles. The predicted octanol–water partition coefficient (Wildman–Crippen LogP) is 3.35. The van der Waals surface area contributed by atoms with Crippen molar-refractivity contribution in [3.63, 3.8) is 0 Å². The first kappa shape index (κ1) is 17.7. The molecule has 0 bridgehead atoms. The molecule has 8 heteroatoms. The van der Waals surface area contributed by atoms with Crippen molar-refractivity contribution in [2.75, 3.05) is 13.1 Å². The van der Waals surface area contributed by atoms with Gasteiger partial charge in [0.25, 0.3) is 0 Å². The Kier molecular flexibility index (Phi) is 4.61. The smallest absolute Gasteiger partial charge is 0.233 e. The van der Waals surface area contributed by atoms with E-state index in [1.807, 2.05) is 18.2 Å². The standard InChI is InChI=1S/C21H19FN6O/c22-16-4-2-8-25-20(16)13-5-6-17-15(9-13)21(28-27-17)18-11-24-12-19(26-18)29-14-3-1-7-23-10-14/h2,4-6,8-9,11-12,14,23H,1,3,7,10H2,(H,27,28)/t14-/m1/s1. The van der Waals surface area contributed by atoms with Gasteiger partial charge in [-0.25, -0.2) is 9.37 Å². The van der Waals surface area contributed by atoms with Crippen molar-refractivity contribution in [1.29, 1.82) is 0 Å². The number of aromatic amines is 1. The minimum absolute atomic E-state index is 0.0861. The molecule has 1 aromatic carbocycles. The highest BCUT2D eigenvalue weighted by Gasteiger charge is 2.17. The van der Waals surface area contributed by atoms with E-state index in [2.05, 4.69) is 30.5 Å². The molecule has 4 heterocycles. The third-order valence-corrected chi connectivity index (χ3v) is 4.99. The van der Waals surface area contributed by atoms with Gasteiger partial charge in [0, 0.05) is 23.7 Å². The third kappa shape index (κ3) is 3.54. The number of hydrogen-bond donors (Lipinski definition) is 2. The van der Waals surface area contributed by atoms with E-state index in [-0.39, 0.29) is 11.9 Å². The van der Waals surface area contributed by atoms with Crippen molar-refractivity contribution in [1.82, 2.24) is 30.5 Å². The van der Waals surface area contributed by atoms with E-state index >= 15 is 0 Å². The molecule has 1 atom stereocenters. The Morgan fingerprint density at radius 1 is 1.14 bits per heavy atom. The molecule has 5 rings (SSSR count). The molecule has 1 saturated heterocycles. The van der Waals surface area contributed by atoms with Gasteiger partial charge >= 0.3 is 0 Å². The van der Waals surface area contributed by atoms with E-state index < -0.39 is 0 Å². The van der Waals surface area contributed by atoms with Crippen molar-refractivity contribution in [2.24, 2.45) is 0 Å². The van der Waals surface area contributed by atoms with E-state index in [1.54, 1.807) is 24.7 Å². The highest BCUT2D eigenvalue weighted by molar-refractivity contribution is 5.94. The first-order valence-corrected chi connectivity index (χ1v) is 9.57. The van der Waals surface area contributed by atoms with Crippen LogP contribution in [0.25, 0.3) is 33.5 Å². The molecule has 0 saturated carbocycles. The Labute approximate surface area is 166 Å². The molecule has 0 radical (unpaired) electrons. The van der Waals surface area contributed by atoms with E-state index in [0.29, 0.717) is 28.5 Å². The number of pyridine rings is 1. The second-order valence-electron chi connectivity index (χ2n) is 7.00. The summed E-state index contributed by atoms with van der Waals surface area (Å²) in [5.74, 6) is 0.104. The van der Waals surface area contributed by atoms with Gasteiger partial charge in [-0.3, -0.25) is 15.1 Å². The Hall–Kier alpha value is -3.39. The number of piperidine rings is 1. The molecule has 1 fully saturated rings. The van der Waals surface area contributed by atoms with Gasteiger partial charge < -0.3 is 10.1 Å². The van der Waals surface area contributed by atoms with E-state index in [1.165, 1.54) is 6.07 Å². The van der Waals surface area contributed by atoms with E-state index in [0.717, 1.165) is 36.8 Å². The number of nitrogens with zero attached hydrogens (tertiary/aromatic N) is 4. The molecule has 7 nitrogen and oxygen atoms in total. The van der Waals surface area contributed by atoms with Crippen molar-refractivity contribution in [3.8, 4) is 28.5 Å². The van der Waals surface area contributed by atoms with Crippen LogP contribution in [0.5, 0.6) is 5.88 Å². The number of nitrogens with one attached hydrogen (secondary N) is 2. The number of H-pyrrole nitrogens is 1. The fourth-order valence-electron chi connectivity index (χ4n) is 3.56. The number of halogens is 1. The molecule has 4 aromatic rings. The average molecular weight is 390 g/mol. The van der Waals surface area contributed by atoms with Gasteiger partial charge in [-0.15, -0.1) is 0 Å². The minimum Gasteiger partial charge on any atom is -0.472 e. The number of aromatic nitrogens is 5. The molecular weight excluding hydrogens is 371 g/mol. The lowest BCUT2D eigenvalue weighted by Crippen LogP contribution is -2.37. The molecule has 1 aliphatic heterocycles. The summed E-state index contributed by atoms with van der Waals surface area (Å²) in [6.07, 6.45) is 6.99.